The number of phosphoric ester groups is 1. The van der Waals surface area contributed by atoms with Gasteiger partial charge in [-0.05, 0) is 50.9 Å². The molecule has 11 nitrogen and oxygen atoms in total. The number of phosphoric acid groups is 1. The molecule has 0 spiro atoms. The van der Waals surface area contributed by atoms with Crippen LogP contribution in [0.25, 0.3) is 0 Å². The standard InChI is InChI=1S/C39H69O11P/c1-4-5-6-7-10-16-21-26-35(41)27-22-17-12-9-14-19-24-29-39(44)50-37(33-49-51(45,46)48-31-36(42)30-40)32-47-38(43)28-23-18-13-8-11-15-20-25-34(2)3/h9-10,14,16-17,21-22,26,34-37,40-42H,4-8,11-13,15,18-20,23-25,27-33H2,1-3H3,(H,45,46)/b14-9+,16-10-,22-17-,26-21-/t35-,36-,37+/m0/s1. The van der Waals surface area contributed by atoms with Crippen molar-refractivity contribution in [1.29, 1.82) is 0 Å². The number of allylic oxidation sites excluding steroid dienone is 6. The van der Waals surface area contributed by atoms with Gasteiger partial charge in [0, 0.05) is 12.8 Å². The first kappa shape index (κ1) is 48.9. The molecule has 296 valence electrons. The van der Waals surface area contributed by atoms with Crippen molar-refractivity contribution in [2.45, 2.75) is 155 Å². The molecule has 4 N–H and O–H groups in total. The van der Waals surface area contributed by atoms with Gasteiger partial charge in [0.25, 0.3) is 0 Å². The van der Waals surface area contributed by atoms with Crippen LogP contribution in [0.15, 0.2) is 48.6 Å². The minimum Gasteiger partial charge on any atom is -0.462 e. The summed E-state index contributed by atoms with van der Waals surface area (Å²) in [6, 6.07) is 0. The molecule has 0 rings (SSSR count). The summed E-state index contributed by atoms with van der Waals surface area (Å²) in [5.41, 5.74) is 0. The Hall–Kier alpha value is -2.11. The third kappa shape index (κ3) is 34.7. The minimum absolute atomic E-state index is 0.0731. The van der Waals surface area contributed by atoms with Crippen LogP contribution < -0.4 is 0 Å². The van der Waals surface area contributed by atoms with Crippen LogP contribution in [0.5, 0.6) is 0 Å². The van der Waals surface area contributed by atoms with Crippen LogP contribution in [-0.2, 0) is 32.7 Å². The number of rotatable bonds is 34. The van der Waals surface area contributed by atoms with Crippen LogP contribution in [0, 0.1) is 5.92 Å². The van der Waals surface area contributed by atoms with E-state index in [1.165, 1.54) is 44.9 Å². The third-order valence-corrected chi connectivity index (χ3v) is 8.70. The molecular formula is C39H69O11P. The van der Waals surface area contributed by atoms with E-state index in [2.05, 4.69) is 31.4 Å². The number of carbonyl (C=O) groups excluding carboxylic acids is 2. The monoisotopic (exact) mass is 744 g/mol. The van der Waals surface area contributed by atoms with Gasteiger partial charge < -0.3 is 29.7 Å². The smallest absolute Gasteiger partial charge is 0.462 e. The van der Waals surface area contributed by atoms with E-state index in [1.807, 2.05) is 36.5 Å². The van der Waals surface area contributed by atoms with Gasteiger partial charge in [-0.2, -0.15) is 0 Å². The summed E-state index contributed by atoms with van der Waals surface area (Å²) in [6.45, 7) is 4.41. The fourth-order valence-corrected chi connectivity index (χ4v) is 5.51. The normalized spacial score (nSPS) is 15.3. The molecule has 0 heterocycles. The number of esters is 2. The van der Waals surface area contributed by atoms with E-state index in [0.717, 1.165) is 31.6 Å². The van der Waals surface area contributed by atoms with E-state index >= 15 is 0 Å². The predicted molar refractivity (Wildman–Crippen MR) is 202 cm³/mol. The summed E-state index contributed by atoms with van der Waals surface area (Å²) in [7, 11) is -4.64. The molecule has 0 bridgehead atoms. The van der Waals surface area contributed by atoms with E-state index < -0.39 is 57.9 Å². The summed E-state index contributed by atoms with van der Waals surface area (Å²) < 4.78 is 32.4. The topological polar surface area (TPSA) is 169 Å². The molecule has 0 fully saturated rings. The first-order valence-corrected chi connectivity index (χ1v) is 20.6. The van der Waals surface area contributed by atoms with Crippen LogP contribution in [0.3, 0.4) is 0 Å². The highest BCUT2D eigenvalue weighted by atomic mass is 31.2. The Bertz CT molecular complexity index is 1020. The molecule has 0 aliphatic rings. The van der Waals surface area contributed by atoms with Gasteiger partial charge in [0.2, 0.25) is 0 Å². The SMILES string of the molecule is CCCCC/C=C\C=C/[C@H](O)C/C=C\C/C=C/CCCC(=O)O[C@H](COC(=O)CCCCCCCCCC(C)C)COP(=O)(O)OC[C@@H](O)CO. The second-order valence-corrected chi connectivity index (χ2v) is 14.7. The fourth-order valence-electron chi connectivity index (χ4n) is 4.72. The van der Waals surface area contributed by atoms with Crippen LogP contribution in [0.2, 0.25) is 0 Å². The maximum absolute atomic E-state index is 12.5. The lowest BCUT2D eigenvalue weighted by atomic mass is 10.0. The Balaban J connectivity index is 4.55. The highest BCUT2D eigenvalue weighted by Gasteiger charge is 2.27. The number of ether oxygens (including phenoxy) is 2. The molecule has 0 saturated heterocycles. The first-order chi connectivity index (χ1) is 24.5. The molecule has 4 atom stereocenters. The quantitative estimate of drug-likeness (QED) is 0.0165. The average Bonchev–Trinajstić information content (AvgIpc) is 3.09. The van der Waals surface area contributed by atoms with E-state index in [4.69, 9.17) is 19.1 Å². The van der Waals surface area contributed by atoms with Crippen molar-refractivity contribution in [3.63, 3.8) is 0 Å². The highest BCUT2D eigenvalue weighted by Crippen LogP contribution is 2.43. The number of aliphatic hydroxyl groups excluding tert-OH is 3. The maximum Gasteiger partial charge on any atom is 0.472 e. The lowest BCUT2D eigenvalue weighted by Crippen LogP contribution is -2.29. The van der Waals surface area contributed by atoms with Crippen molar-refractivity contribution < 1.29 is 52.9 Å². The zero-order valence-electron chi connectivity index (χ0n) is 31.6. The van der Waals surface area contributed by atoms with Gasteiger partial charge in [-0.25, -0.2) is 4.57 Å². The van der Waals surface area contributed by atoms with Gasteiger partial charge in [-0.1, -0.05) is 127 Å². The van der Waals surface area contributed by atoms with E-state index in [1.54, 1.807) is 6.08 Å². The van der Waals surface area contributed by atoms with Crippen molar-refractivity contribution in [3.8, 4) is 0 Å². The number of carbonyl (C=O) groups is 2. The van der Waals surface area contributed by atoms with Crippen LogP contribution in [0.4, 0.5) is 0 Å². The van der Waals surface area contributed by atoms with Gasteiger partial charge in [-0.3, -0.25) is 18.6 Å². The molecule has 0 aromatic carbocycles. The lowest BCUT2D eigenvalue weighted by molar-refractivity contribution is -0.161. The molecule has 0 aromatic rings. The van der Waals surface area contributed by atoms with Crippen LogP contribution >= 0.6 is 7.82 Å². The Morgan fingerprint density at radius 1 is 0.725 bits per heavy atom. The van der Waals surface area contributed by atoms with Crippen molar-refractivity contribution >= 4 is 19.8 Å². The highest BCUT2D eigenvalue weighted by molar-refractivity contribution is 7.47. The van der Waals surface area contributed by atoms with Crippen LogP contribution in [0.1, 0.15) is 136 Å². The van der Waals surface area contributed by atoms with E-state index in [-0.39, 0.29) is 19.4 Å². The number of unbranched alkanes of at least 4 members (excludes halogenated alkanes) is 10. The summed E-state index contributed by atoms with van der Waals surface area (Å²) in [4.78, 5) is 34.8. The summed E-state index contributed by atoms with van der Waals surface area (Å²) >= 11 is 0. The Morgan fingerprint density at radius 3 is 2.08 bits per heavy atom. The summed E-state index contributed by atoms with van der Waals surface area (Å²) in [5.74, 6) is -0.306. The fraction of sp³-hybridized carbons (Fsp3) is 0.744. The lowest BCUT2D eigenvalue weighted by Gasteiger charge is -2.20. The molecule has 0 radical (unpaired) electrons. The van der Waals surface area contributed by atoms with Gasteiger partial charge in [-0.15, -0.1) is 0 Å². The molecule has 1 unspecified atom stereocenters. The third-order valence-electron chi connectivity index (χ3n) is 7.74. The molecule has 0 aliphatic carbocycles. The van der Waals surface area contributed by atoms with E-state index in [9.17, 15) is 29.3 Å². The zero-order chi connectivity index (χ0) is 38.0. The molecule has 12 heteroatoms. The Morgan fingerprint density at radius 2 is 1.37 bits per heavy atom. The van der Waals surface area contributed by atoms with Crippen molar-refractivity contribution in [2.24, 2.45) is 5.92 Å². The largest absolute Gasteiger partial charge is 0.472 e. The molecule has 0 aromatic heterocycles. The summed E-state index contributed by atoms with van der Waals surface area (Å²) in [5, 5.41) is 28.3. The molecule has 0 saturated carbocycles. The average molecular weight is 745 g/mol. The van der Waals surface area contributed by atoms with Crippen molar-refractivity contribution in [3.05, 3.63) is 48.6 Å². The maximum atomic E-state index is 12.5. The molecular weight excluding hydrogens is 675 g/mol. The van der Waals surface area contributed by atoms with Gasteiger partial charge in [0.15, 0.2) is 6.10 Å². The van der Waals surface area contributed by atoms with Gasteiger partial charge >= 0.3 is 19.8 Å². The Kier molecular flexibility index (Phi) is 32.3. The molecule has 51 heavy (non-hydrogen) atoms. The van der Waals surface area contributed by atoms with Gasteiger partial charge in [0.1, 0.15) is 12.7 Å². The number of hydrogen-bond acceptors (Lipinski definition) is 10. The first-order valence-electron chi connectivity index (χ1n) is 19.1. The van der Waals surface area contributed by atoms with E-state index in [0.29, 0.717) is 32.1 Å². The minimum atomic E-state index is -4.64. The molecule has 0 amide bonds. The van der Waals surface area contributed by atoms with Gasteiger partial charge in [0.05, 0.1) is 25.9 Å². The second-order valence-electron chi connectivity index (χ2n) is 13.3. The summed E-state index contributed by atoms with van der Waals surface area (Å²) in [6.07, 6.45) is 28.5. The number of aliphatic hydroxyl groups is 3. The Labute approximate surface area is 307 Å². The van der Waals surface area contributed by atoms with Crippen molar-refractivity contribution in [2.75, 3.05) is 26.4 Å². The number of hydrogen-bond donors (Lipinski definition) is 4. The zero-order valence-corrected chi connectivity index (χ0v) is 32.5. The predicted octanol–water partition coefficient (Wildman–Crippen LogP) is 8.21. The van der Waals surface area contributed by atoms with Crippen LogP contribution in [-0.4, -0.2) is 76.9 Å². The van der Waals surface area contributed by atoms with Crippen molar-refractivity contribution in [1.82, 2.24) is 0 Å². The second kappa shape index (κ2) is 33.7. The molecule has 0 aliphatic heterocycles.